The molecular weight excluding hydrogens is 244 g/mol. The van der Waals surface area contributed by atoms with Crippen LogP contribution < -0.4 is 5.73 Å². The summed E-state index contributed by atoms with van der Waals surface area (Å²) in [5.74, 6) is -0.780. The second kappa shape index (κ2) is 5.90. The minimum absolute atomic E-state index is 0.0493. The summed E-state index contributed by atoms with van der Waals surface area (Å²) < 4.78 is 0. The molecule has 19 heavy (non-hydrogen) atoms. The zero-order valence-corrected chi connectivity index (χ0v) is 11.5. The number of hydrogen-bond donors (Lipinski definition) is 2. The summed E-state index contributed by atoms with van der Waals surface area (Å²) in [5.41, 5.74) is 5.65. The first-order chi connectivity index (χ1) is 9.10. The number of carboxylic acid groups (broad SMARTS) is 1. The average Bonchev–Trinajstić information content (AvgIpc) is 2.79. The van der Waals surface area contributed by atoms with Crippen molar-refractivity contribution in [3.63, 3.8) is 0 Å². The van der Waals surface area contributed by atoms with Gasteiger partial charge in [-0.15, -0.1) is 0 Å². The quantitative estimate of drug-likeness (QED) is 0.803. The lowest BCUT2D eigenvalue weighted by Gasteiger charge is -2.34. The van der Waals surface area contributed by atoms with E-state index < -0.39 is 12.0 Å². The van der Waals surface area contributed by atoms with Gasteiger partial charge in [0.2, 0.25) is 5.91 Å². The smallest absolute Gasteiger partial charge is 0.326 e. The number of carboxylic acids is 1. The zero-order valence-electron chi connectivity index (χ0n) is 11.5. The number of nitrogens with two attached hydrogens (primary N) is 1. The highest BCUT2D eigenvalue weighted by molar-refractivity contribution is 5.86. The van der Waals surface area contributed by atoms with E-state index in [4.69, 9.17) is 5.73 Å². The Kier molecular flexibility index (Phi) is 4.45. The summed E-state index contributed by atoms with van der Waals surface area (Å²) >= 11 is 0. The van der Waals surface area contributed by atoms with Gasteiger partial charge < -0.3 is 15.7 Å². The molecule has 1 saturated heterocycles. The van der Waals surface area contributed by atoms with Gasteiger partial charge in [0, 0.05) is 12.6 Å². The van der Waals surface area contributed by atoms with Crippen molar-refractivity contribution in [2.75, 3.05) is 6.54 Å². The van der Waals surface area contributed by atoms with Crippen LogP contribution in [0.4, 0.5) is 0 Å². The van der Waals surface area contributed by atoms with Gasteiger partial charge in [-0.1, -0.05) is 19.8 Å². The van der Waals surface area contributed by atoms with E-state index in [0.29, 0.717) is 25.3 Å². The molecule has 0 aromatic rings. The molecule has 3 N–H and O–H groups in total. The largest absolute Gasteiger partial charge is 0.480 e. The molecule has 1 amide bonds. The Labute approximate surface area is 114 Å². The first kappa shape index (κ1) is 14.3. The molecule has 1 saturated carbocycles. The lowest BCUT2D eigenvalue weighted by Crippen LogP contribution is -2.49. The van der Waals surface area contributed by atoms with Crippen LogP contribution in [0, 0.1) is 11.8 Å². The molecule has 5 nitrogen and oxygen atoms in total. The highest BCUT2D eigenvalue weighted by Gasteiger charge is 2.48. The Morgan fingerprint density at radius 3 is 2.63 bits per heavy atom. The van der Waals surface area contributed by atoms with Crippen LogP contribution >= 0.6 is 0 Å². The standard InChI is InChI=1S/C14H24N2O3/c1-2-9(8-15)13(17)16-11-6-4-3-5-10(11)7-12(16)14(18)19/h9-12H,2-8,15H2,1H3,(H,18,19). The SMILES string of the molecule is CCC(CN)C(=O)N1C(C(=O)O)CC2CCCCC21. The van der Waals surface area contributed by atoms with Gasteiger partial charge in [0.25, 0.3) is 0 Å². The number of carbonyl (C=O) groups is 2. The van der Waals surface area contributed by atoms with E-state index in [1.165, 1.54) is 0 Å². The van der Waals surface area contributed by atoms with Crippen molar-refractivity contribution in [1.29, 1.82) is 0 Å². The zero-order chi connectivity index (χ0) is 14.0. The Morgan fingerprint density at radius 2 is 2.05 bits per heavy atom. The van der Waals surface area contributed by atoms with Gasteiger partial charge in [-0.05, 0) is 31.6 Å². The van der Waals surface area contributed by atoms with Crippen LogP contribution in [0.3, 0.4) is 0 Å². The van der Waals surface area contributed by atoms with E-state index in [9.17, 15) is 14.7 Å². The van der Waals surface area contributed by atoms with E-state index >= 15 is 0 Å². The molecule has 108 valence electrons. The Hall–Kier alpha value is -1.10. The van der Waals surface area contributed by atoms with Gasteiger partial charge in [0.1, 0.15) is 6.04 Å². The van der Waals surface area contributed by atoms with Crippen molar-refractivity contribution in [2.45, 2.75) is 57.5 Å². The number of amides is 1. The summed E-state index contributed by atoms with van der Waals surface area (Å²) in [4.78, 5) is 25.7. The number of likely N-dealkylation sites (tertiary alicyclic amines) is 1. The Balaban J connectivity index is 2.22. The molecule has 0 radical (unpaired) electrons. The number of hydrogen-bond acceptors (Lipinski definition) is 3. The molecule has 1 aliphatic carbocycles. The topological polar surface area (TPSA) is 83.6 Å². The fourth-order valence-electron chi connectivity index (χ4n) is 3.65. The van der Waals surface area contributed by atoms with Crippen LogP contribution in [0.5, 0.6) is 0 Å². The lowest BCUT2D eigenvalue weighted by molar-refractivity contribution is -0.151. The summed E-state index contributed by atoms with van der Waals surface area (Å²) in [5, 5.41) is 9.38. The predicted octanol–water partition coefficient (Wildman–Crippen LogP) is 1.22. The van der Waals surface area contributed by atoms with Crippen molar-refractivity contribution in [2.24, 2.45) is 17.6 Å². The maximum absolute atomic E-state index is 12.6. The van der Waals surface area contributed by atoms with Crippen molar-refractivity contribution in [3.8, 4) is 0 Å². The highest BCUT2D eigenvalue weighted by Crippen LogP contribution is 2.40. The van der Waals surface area contributed by atoms with Gasteiger partial charge in [-0.2, -0.15) is 0 Å². The van der Waals surface area contributed by atoms with Crippen molar-refractivity contribution < 1.29 is 14.7 Å². The molecule has 2 fully saturated rings. The summed E-state index contributed by atoms with van der Waals surface area (Å²) in [6.07, 6.45) is 5.54. The molecule has 0 bridgehead atoms. The minimum Gasteiger partial charge on any atom is -0.480 e. The maximum Gasteiger partial charge on any atom is 0.326 e. The van der Waals surface area contributed by atoms with E-state index in [2.05, 4.69) is 0 Å². The van der Waals surface area contributed by atoms with E-state index in [1.807, 2.05) is 6.92 Å². The predicted molar refractivity (Wildman–Crippen MR) is 71.5 cm³/mol. The number of rotatable bonds is 4. The van der Waals surface area contributed by atoms with Crippen LogP contribution in [0.15, 0.2) is 0 Å². The van der Waals surface area contributed by atoms with E-state index in [1.54, 1.807) is 4.90 Å². The molecule has 0 aromatic carbocycles. The molecule has 2 rings (SSSR count). The monoisotopic (exact) mass is 268 g/mol. The summed E-state index contributed by atoms with van der Waals surface area (Å²) in [7, 11) is 0. The number of aliphatic carboxylic acids is 1. The van der Waals surface area contributed by atoms with Crippen LogP contribution in [0.1, 0.15) is 45.4 Å². The summed E-state index contributed by atoms with van der Waals surface area (Å²) in [6, 6.07) is -0.510. The average molecular weight is 268 g/mol. The second-order valence-electron chi connectivity index (χ2n) is 5.79. The Morgan fingerprint density at radius 1 is 1.37 bits per heavy atom. The third-order valence-electron chi connectivity index (χ3n) is 4.75. The maximum atomic E-state index is 12.6. The fraction of sp³-hybridized carbons (Fsp3) is 0.857. The van der Waals surface area contributed by atoms with Gasteiger partial charge in [-0.3, -0.25) is 4.79 Å². The first-order valence-electron chi connectivity index (χ1n) is 7.35. The lowest BCUT2D eigenvalue weighted by atomic mass is 9.84. The van der Waals surface area contributed by atoms with Crippen molar-refractivity contribution in [3.05, 3.63) is 0 Å². The normalized spacial score (nSPS) is 31.9. The molecule has 1 aliphatic heterocycles. The fourth-order valence-corrected chi connectivity index (χ4v) is 3.65. The van der Waals surface area contributed by atoms with E-state index in [-0.39, 0.29) is 17.9 Å². The van der Waals surface area contributed by atoms with Gasteiger partial charge in [0.05, 0.1) is 5.92 Å². The molecule has 1 heterocycles. The molecule has 4 atom stereocenters. The van der Waals surface area contributed by atoms with Gasteiger partial charge in [0.15, 0.2) is 0 Å². The number of fused-ring (bicyclic) bond motifs is 1. The molecule has 5 heteroatoms. The molecule has 0 aromatic heterocycles. The van der Waals surface area contributed by atoms with Crippen LogP contribution in [-0.4, -0.2) is 40.5 Å². The minimum atomic E-state index is -0.866. The third-order valence-corrected chi connectivity index (χ3v) is 4.75. The van der Waals surface area contributed by atoms with Gasteiger partial charge in [-0.25, -0.2) is 4.79 Å². The van der Waals surface area contributed by atoms with Crippen molar-refractivity contribution in [1.82, 2.24) is 4.90 Å². The van der Waals surface area contributed by atoms with E-state index in [0.717, 1.165) is 25.7 Å². The Bertz CT molecular complexity index is 355. The van der Waals surface area contributed by atoms with Crippen LogP contribution in [0.25, 0.3) is 0 Å². The third kappa shape index (κ3) is 2.61. The van der Waals surface area contributed by atoms with Crippen LogP contribution in [-0.2, 0) is 9.59 Å². The molecule has 2 aliphatic rings. The molecule has 0 spiro atoms. The van der Waals surface area contributed by atoms with Crippen LogP contribution in [0.2, 0.25) is 0 Å². The molecule has 4 unspecified atom stereocenters. The first-order valence-corrected chi connectivity index (χ1v) is 7.35. The second-order valence-corrected chi connectivity index (χ2v) is 5.79. The molecular formula is C14H24N2O3. The summed E-state index contributed by atoms with van der Waals surface area (Å²) in [6.45, 7) is 2.23. The number of carbonyl (C=O) groups excluding carboxylic acids is 1. The van der Waals surface area contributed by atoms with Crippen molar-refractivity contribution >= 4 is 11.9 Å². The number of nitrogens with zero attached hydrogens (tertiary/aromatic N) is 1. The van der Waals surface area contributed by atoms with Gasteiger partial charge >= 0.3 is 5.97 Å². The highest BCUT2D eigenvalue weighted by atomic mass is 16.4.